The third kappa shape index (κ3) is 4.35. The van der Waals surface area contributed by atoms with Crippen molar-refractivity contribution in [2.75, 3.05) is 6.54 Å². The van der Waals surface area contributed by atoms with Crippen LogP contribution in [0.3, 0.4) is 0 Å². The second-order valence-electron chi connectivity index (χ2n) is 7.01. The highest BCUT2D eigenvalue weighted by atomic mass is 16.5. The van der Waals surface area contributed by atoms with Crippen LogP contribution in [0.4, 0.5) is 0 Å². The van der Waals surface area contributed by atoms with Gasteiger partial charge in [0.25, 0.3) is 0 Å². The summed E-state index contributed by atoms with van der Waals surface area (Å²) in [5.74, 6) is -0.204. The maximum absolute atomic E-state index is 12.2. The predicted molar refractivity (Wildman–Crippen MR) is 98.7 cm³/mol. The van der Waals surface area contributed by atoms with Crippen LogP contribution in [0.5, 0.6) is 0 Å². The number of carbonyl (C=O) groups excluding carboxylic acids is 1. The summed E-state index contributed by atoms with van der Waals surface area (Å²) in [7, 11) is 0. The zero-order valence-electron chi connectivity index (χ0n) is 14.8. The molecule has 0 aliphatic carbocycles. The van der Waals surface area contributed by atoms with Crippen molar-refractivity contribution in [3.05, 3.63) is 47.2 Å². The standard InChI is InChI=1S/C20H27N3O2/c1-2-3-4-15(21)10-17(22)19(24)9-13-5-7-14(8-6-13)20-18-11-16(25-20)12-23-18/h5-8,10,16,18,20,22-23H,2-4,9,11-12,21H2,1H3/t16-,18-,20+/m1/s1. The molecule has 4 N–H and O–H groups in total. The predicted octanol–water partition coefficient (Wildman–Crippen LogP) is 2.65. The Bertz CT molecular complexity index is 666. The van der Waals surface area contributed by atoms with Crippen LogP contribution in [0.1, 0.15) is 49.8 Å². The largest absolute Gasteiger partial charge is 0.402 e. The van der Waals surface area contributed by atoms with Gasteiger partial charge in [0.2, 0.25) is 0 Å². The van der Waals surface area contributed by atoms with E-state index < -0.39 is 0 Å². The number of hydrogen-bond acceptors (Lipinski definition) is 5. The number of morpholine rings is 1. The van der Waals surface area contributed by atoms with Gasteiger partial charge in [-0.15, -0.1) is 0 Å². The molecule has 134 valence electrons. The van der Waals surface area contributed by atoms with Crippen LogP contribution < -0.4 is 11.1 Å². The quantitative estimate of drug-likeness (QED) is 0.634. The first kappa shape index (κ1) is 17.8. The summed E-state index contributed by atoms with van der Waals surface area (Å²) in [6.45, 7) is 3.04. The Morgan fingerprint density at radius 2 is 2.16 bits per heavy atom. The van der Waals surface area contributed by atoms with E-state index in [2.05, 4.69) is 12.2 Å². The highest BCUT2D eigenvalue weighted by molar-refractivity contribution is 6.43. The molecule has 2 heterocycles. The summed E-state index contributed by atoms with van der Waals surface area (Å²) in [6.07, 6.45) is 6.01. The average molecular weight is 341 g/mol. The number of carbonyl (C=O) groups is 1. The summed E-state index contributed by atoms with van der Waals surface area (Å²) in [5.41, 5.74) is 8.51. The minimum absolute atomic E-state index is 0.0154. The second-order valence-corrected chi connectivity index (χ2v) is 7.01. The zero-order chi connectivity index (χ0) is 17.8. The van der Waals surface area contributed by atoms with Gasteiger partial charge >= 0.3 is 0 Å². The molecule has 0 unspecified atom stereocenters. The molecule has 1 aromatic carbocycles. The van der Waals surface area contributed by atoms with Gasteiger partial charge in [-0.25, -0.2) is 0 Å². The number of nitrogens with two attached hydrogens (primary N) is 1. The van der Waals surface area contributed by atoms with E-state index in [4.69, 9.17) is 15.9 Å². The van der Waals surface area contributed by atoms with E-state index >= 15 is 0 Å². The first-order chi connectivity index (χ1) is 12.1. The number of rotatable bonds is 8. The van der Waals surface area contributed by atoms with Crippen molar-refractivity contribution in [1.82, 2.24) is 5.32 Å². The van der Waals surface area contributed by atoms with Crippen LogP contribution in [0.25, 0.3) is 0 Å². The number of fused-ring (bicyclic) bond motifs is 2. The normalized spacial score (nSPS) is 25.3. The Balaban J connectivity index is 1.56. The zero-order valence-corrected chi connectivity index (χ0v) is 14.8. The van der Waals surface area contributed by atoms with Crippen molar-refractivity contribution < 1.29 is 9.53 Å². The lowest BCUT2D eigenvalue weighted by Gasteiger charge is -2.23. The lowest BCUT2D eigenvalue weighted by atomic mass is 9.99. The van der Waals surface area contributed by atoms with Crippen molar-refractivity contribution in [1.29, 1.82) is 5.41 Å². The van der Waals surface area contributed by atoms with Crippen LogP contribution >= 0.6 is 0 Å². The van der Waals surface area contributed by atoms with Crippen molar-refractivity contribution in [3.63, 3.8) is 0 Å². The molecule has 25 heavy (non-hydrogen) atoms. The molecule has 3 atom stereocenters. The van der Waals surface area contributed by atoms with E-state index in [9.17, 15) is 4.79 Å². The van der Waals surface area contributed by atoms with Gasteiger partial charge in [0.05, 0.1) is 17.9 Å². The molecule has 5 heteroatoms. The highest BCUT2D eigenvalue weighted by Crippen LogP contribution is 2.36. The highest BCUT2D eigenvalue weighted by Gasteiger charge is 2.41. The van der Waals surface area contributed by atoms with Crippen LogP contribution in [0.15, 0.2) is 36.0 Å². The summed E-state index contributed by atoms with van der Waals surface area (Å²) < 4.78 is 6.00. The molecule has 3 rings (SSSR count). The number of ether oxygens (including phenoxy) is 1. The molecule has 1 aromatic rings. The molecular weight excluding hydrogens is 314 g/mol. The topological polar surface area (TPSA) is 88.2 Å². The van der Waals surface area contributed by atoms with E-state index in [0.717, 1.165) is 43.4 Å². The minimum atomic E-state index is -0.204. The van der Waals surface area contributed by atoms with E-state index in [1.807, 2.05) is 24.3 Å². The molecule has 0 saturated carbocycles. The van der Waals surface area contributed by atoms with Gasteiger partial charge in [-0.3, -0.25) is 10.2 Å². The third-order valence-corrected chi connectivity index (χ3v) is 4.95. The molecular formula is C20H27N3O2. The summed E-state index contributed by atoms with van der Waals surface area (Å²) in [4.78, 5) is 12.2. The van der Waals surface area contributed by atoms with E-state index in [0.29, 0.717) is 17.8 Å². The SMILES string of the molecule is CCCCC(N)=CC(=N)C(=O)Cc1ccc([C@@H]2O[C@H]3CN[C@@H]2C3)cc1. The van der Waals surface area contributed by atoms with E-state index in [1.54, 1.807) is 0 Å². The number of ketones is 1. The van der Waals surface area contributed by atoms with Crippen LogP contribution in [0.2, 0.25) is 0 Å². The van der Waals surface area contributed by atoms with Crippen LogP contribution in [0, 0.1) is 5.41 Å². The van der Waals surface area contributed by atoms with Gasteiger partial charge in [0.15, 0.2) is 5.78 Å². The maximum atomic E-state index is 12.2. The Morgan fingerprint density at radius 1 is 1.40 bits per heavy atom. The van der Waals surface area contributed by atoms with Gasteiger partial charge < -0.3 is 15.8 Å². The number of benzene rings is 1. The Morgan fingerprint density at radius 3 is 2.76 bits per heavy atom. The lowest BCUT2D eigenvalue weighted by molar-refractivity contribution is -0.112. The number of hydrogen-bond donors (Lipinski definition) is 3. The molecule has 2 aliphatic heterocycles. The van der Waals surface area contributed by atoms with E-state index in [1.165, 1.54) is 6.08 Å². The first-order valence-corrected chi connectivity index (χ1v) is 9.12. The summed E-state index contributed by atoms with van der Waals surface area (Å²) in [6, 6.07) is 8.39. The van der Waals surface area contributed by atoms with Crippen molar-refractivity contribution >= 4 is 11.5 Å². The molecule has 2 fully saturated rings. The molecule has 2 saturated heterocycles. The van der Waals surface area contributed by atoms with Gasteiger partial charge in [-0.1, -0.05) is 37.6 Å². The molecule has 5 nitrogen and oxygen atoms in total. The Labute approximate surface area is 149 Å². The van der Waals surface area contributed by atoms with Gasteiger partial charge in [-0.05, 0) is 36.5 Å². The summed E-state index contributed by atoms with van der Waals surface area (Å²) in [5, 5.41) is 11.4. The lowest BCUT2D eigenvalue weighted by Crippen LogP contribution is -2.33. The maximum Gasteiger partial charge on any atom is 0.184 e. The summed E-state index contributed by atoms with van der Waals surface area (Å²) >= 11 is 0. The van der Waals surface area contributed by atoms with Crippen molar-refractivity contribution in [3.8, 4) is 0 Å². The molecule has 2 aliphatic rings. The van der Waals surface area contributed by atoms with Gasteiger partial charge in [0, 0.05) is 24.7 Å². The number of nitrogens with one attached hydrogen (secondary N) is 2. The molecule has 0 radical (unpaired) electrons. The fourth-order valence-electron chi connectivity index (χ4n) is 3.50. The van der Waals surface area contributed by atoms with Gasteiger partial charge in [0.1, 0.15) is 0 Å². The fraction of sp³-hybridized carbons (Fsp3) is 0.500. The Kier molecular flexibility index (Phi) is 5.66. The van der Waals surface area contributed by atoms with Crippen molar-refractivity contribution in [2.24, 2.45) is 5.73 Å². The Hall–Kier alpha value is -1.98. The van der Waals surface area contributed by atoms with Crippen molar-refractivity contribution in [2.45, 2.75) is 57.3 Å². The smallest absolute Gasteiger partial charge is 0.184 e. The number of Topliss-reactive ketones (excluding diaryl/α,β-unsaturated/α-hetero) is 1. The molecule has 0 amide bonds. The monoisotopic (exact) mass is 341 g/mol. The second kappa shape index (κ2) is 7.93. The van der Waals surface area contributed by atoms with Crippen LogP contribution in [-0.2, 0) is 16.0 Å². The minimum Gasteiger partial charge on any atom is -0.402 e. The van der Waals surface area contributed by atoms with Gasteiger partial charge in [-0.2, -0.15) is 0 Å². The van der Waals surface area contributed by atoms with E-state index in [-0.39, 0.29) is 24.0 Å². The average Bonchev–Trinajstić information content (AvgIpc) is 3.24. The first-order valence-electron chi connectivity index (χ1n) is 9.12. The third-order valence-electron chi connectivity index (χ3n) is 4.95. The number of unbranched alkanes of at least 4 members (excludes halogenated alkanes) is 1. The molecule has 2 bridgehead atoms. The molecule has 0 aromatic heterocycles. The van der Waals surface area contributed by atoms with Crippen LogP contribution in [-0.4, -0.2) is 30.2 Å². The number of allylic oxidation sites excluding steroid dienone is 2. The molecule has 0 spiro atoms. The fourth-order valence-corrected chi connectivity index (χ4v) is 3.50.